The first-order valence-electron chi connectivity index (χ1n) is 6.75. The Morgan fingerprint density at radius 1 is 1.41 bits per heavy atom. The summed E-state index contributed by atoms with van der Waals surface area (Å²) >= 11 is 0. The molecule has 0 aromatic carbocycles. The number of hydrogen-bond donors (Lipinski definition) is 1. The predicted octanol–water partition coefficient (Wildman–Crippen LogP) is 2.66. The molecule has 17 heavy (non-hydrogen) atoms. The van der Waals surface area contributed by atoms with Crippen LogP contribution in [0.25, 0.3) is 0 Å². The normalized spacial score (nSPS) is 23.3. The summed E-state index contributed by atoms with van der Waals surface area (Å²) in [5, 5.41) is 2.85. The standard InChI is InChI=1S/C14H25NO2/c1-4-5-6-7-12-13(17-12)8-9-14(16)15-10-11(2)3/h8-9,11-13H,4-7,10H2,1-3H3,(H,15,16)/b9-8+/t12-,13-/m1/s1. The number of epoxide rings is 1. The number of carbonyl (C=O) groups is 1. The van der Waals surface area contributed by atoms with E-state index in [1.165, 1.54) is 19.3 Å². The van der Waals surface area contributed by atoms with Crippen molar-refractivity contribution in [3.63, 3.8) is 0 Å². The number of amides is 1. The van der Waals surface area contributed by atoms with Gasteiger partial charge in [0.1, 0.15) is 6.10 Å². The van der Waals surface area contributed by atoms with Crippen molar-refractivity contribution < 1.29 is 9.53 Å². The average molecular weight is 239 g/mol. The molecule has 0 aromatic heterocycles. The molecule has 1 rings (SSSR count). The van der Waals surface area contributed by atoms with Crippen LogP contribution in [0.15, 0.2) is 12.2 Å². The van der Waals surface area contributed by atoms with Crippen LogP contribution < -0.4 is 5.32 Å². The summed E-state index contributed by atoms with van der Waals surface area (Å²) in [6.45, 7) is 7.09. The Hall–Kier alpha value is -0.830. The van der Waals surface area contributed by atoms with Crippen LogP contribution in [-0.2, 0) is 9.53 Å². The Balaban J connectivity index is 2.08. The van der Waals surface area contributed by atoms with Gasteiger partial charge >= 0.3 is 0 Å². The van der Waals surface area contributed by atoms with E-state index in [2.05, 4.69) is 26.1 Å². The van der Waals surface area contributed by atoms with Crippen LogP contribution in [0.4, 0.5) is 0 Å². The largest absolute Gasteiger partial charge is 0.365 e. The average Bonchev–Trinajstić information content (AvgIpc) is 3.03. The molecule has 1 amide bonds. The molecule has 2 atom stereocenters. The predicted molar refractivity (Wildman–Crippen MR) is 69.8 cm³/mol. The van der Waals surface area contributed by atoms with Crippen LogP contribution in [0, 0.1) is 5.92 Å². The maximum atomic E-state index is 11.4. The fourth-order valence-corrected chi connectivity index (χ4v) is 1.70. The minimum atomic E-state index is -0.0125. The molecule has 1 saturated heterocycles. The molecular weight excluding hydrogens is 214 g/mol. The van der Waals surface area contributed by atoms with Gasteiger partial charge in [-0.3, -0.25) is 4.79 Å². The second-order valence-corrected chi connectivity index (χ2v) is 5.13. The van der Waals surface area contributed by atoms with Gasteiger partial charge in [0.25, 0.3) is 0 Å². The van der Waals surface area contributed by atoms with E-state index in [1.54, 1.807) is 6.08 Å². The van der Waals surface area contributed by atoms with Crippen molar-refractivity contribution in [2.45, 2.75) is 58.7 Å². The molecule has 0 aliphatic carbocycles. The van der Waals surface area contributed by atoms with Gasteiger partial charge in [0.15, 0.2) is 0 Å². The third-order valence-electron chi connectivity index (χ3n) is 2.84. The molecular formula is C14H25NO2. The lowest BCUT2D eigenvalue weighted by Crippen LogP contribution is -2.25. The zero-order valence-corrected chi connectivity index (χ0v) is 11.2. The van der Waals surface area contributed by atoms with E-state index in [9.17, 15) is 4.79 Å². The fraction of sp³-hybridized carbons (Fsp3) is 0.786. The van der Waals surface area contributed by atoms with Gasteiger partial charge < -0.3 is 10.1 Å². The Morgan fingerprint density at radius 3 is 2.82 bits per heavy atom. The molecule has 0 spiro atoms. The second-order valence-electron chi connectivity index (χ2n) is 5.13. The number of carbonyl (C=O) groups excluding carboxylic acids is 1. The lowest BCUT2D eigenvalue weighted by Gasteiger charge is -2.03. The van der Waals surface area contributed by atoms with Crippen molar-refractivity contribution in [3.05, 3.63) is 12.2 Å². The highest BCUT2D eigenvalue weighted by atomic mass is 16.6. The van der Waals surface area contributed by atoms with E-state index in [1.807, 2.05) is 6.08 Å². The molecule has 0 bridgehead atoms. The van der Waals surface area contributed by atoms with Gasteiger partial charge in [0.05, 0.1) is 6.10 Å². The van der Waals surface area contributed by atoms with Gasteiger partial charge in [-0.15, -0.1) is 0 Å². The topological polar surface area (TPSA) is 41.6 Å². The third kappa shape index (κ3) is 6.47. The van der Waals surface area contributed by atoms with E-state index in [4.69, 9.17) is 4.74 Å². The van der Waals surface area contributed by atoms with E-state index in [-0.39, 0.29) is 12.0 Å². The third-order valence-corrected chi connectivity index (χ3v) is 2.84. The first-order chi connectivity index (χ1) is 8.13. The molecule has 1 aliphatic rings. The number of rotatable bonds is 8. The van der Waals surface area contributed by atoms with Crippen molar-refractivity contribution in [2.75, 3.05) is 6.54 Å². The molecule has 1 N–H and O–H groups in total. The van der Waals surface area contributed by atoms with Crippen molar-refractivity contribution >= 4 is 5.91 Å². The number of ether oxygens (including phenoxy) is 1. The highest BCUT2D eigenvalue weighted by molar-refractivity contribution is 5.87. The van der Waals surface area contributed by atoms with Crippen LogP contribution in [0.1, 0.15) is 46.5 Å². The van der Waals surface area contributed by atoms with Crippen molar-refractivity contribution in [1.82, 2.24) is 5.32 Å². The molecule has 1 heterocycles. The Kier molecular flexibility index (Phi) is 6.27. The smallest absolute Gasteiger partial charge is 0.243 e. The maximum Gasteiger partial charge on any atom is 0.243 e. The summed E-state index contributed by atoms with van der Waals surface area (Å²) < 4.78 is 5.47. The van der Waals surface area contributed by atoms with Crippen LogP contribution in [-0.4, -0.2) is 24.7 Å². The van der Waals surface area contributed by atoms with Gasteiger partial charge in [0.2, 0.25) is 5.91 Å². The summed E-state index contributed by atoms with van der Waals surface area (Å²) in [5.74, 6) is 0.479. The summed E-state index contributed by atoms with van der Waals surface area (Å²) in [5.41, 5.74) is 0. The van der Waals surface area contributed by atoms with Crippen molar-refractivity contribution in [1.29, 1.82) is 0 Å². The van der Waals surface area contributed by atoms with Gasteiger partial charge in [-0.05, 0) is 18.4 Å². The zero-order valence-electron chi connectivity index (χ0n) is 11.2. The van der Waals surface area contributed by atoms with Gasteiger partial charge in [-0.2, -0.15) is 0 Å². The Bertz CT molecular complexity index is 261. The van der Waals surface area contributed by atoms with Crippen LogP contribution in [0.5, 0.6) is 0 Å². The molecule has 0 unspecified atom stereocenters. The fourth-order valence-electron chi connectivity index (χ4n) is 1.70. The summed E-state index contributed by atoms with van der Waals surface area (Å²) in [6.07, 6.45) is 8.88. The number of unbranched alkanes of at least 4 members (excludes halogenated alkanes) is 2. The first kappa shape index (κ1) is 14.2. The summed E-state index contributed by atoms with van der Waals surface area (Å²) in [4.78, 5) is 11.4. The highest BCUT2D eigenvalue weighted by Gasteiger charge is 2.35. The SMILES string of the molecule is CCCCC[C@H]1O[C@@H]1/C=C/C(=O)NCC(C)C. The molecule has 0 aromatic rings. The molecule has 0 saturated carbocycles. The van der Waals surface area contributed by atoms with Gasteiger partial charge in [0, 0.05) is 12.6 Å². The number of nitrogens with one attached hydrogen (secondary N) is 1. The zero-order chi connectivity index (χ0) is 12.7. The highest BCUT2D eigenvalue weighted by Crippen LogP contribution is 2.28. The number of hydrogen-bond acceptors (Lipinski definition) is 2. The second kappa shape index (κ2) is 7.49. The van der Waals surface area contributed by atoms with Crippen molar-refractivity contribution in [3.8, 4) is 0 Å². The molecule has 3 heteroatoms. The maximum absolute atomic E-state index is 11.4. The van der Waals surface area contributed by atoms with E-state index in [0.29, 0.717) is 12.0 Å². The summed E-state index contributed by atoms with van der Waals surface area (Å²) in [6, 6.07) is 0. The molecule has 1 fully saturated rings. The Morgan fingerprint density at radius 2 is 2.18 bits per heavy atom. The van der Waals surface area contributed by atoms with E-state index in [0.717, 1.165) is 13.0 Å². The molecule has 0 radical (unpaired) electrons. The summed E-state index contributed by atoms with van der Waals surface area (Å²) in [7, 11) is 0. The van der Waals surface area contributed by atoms with Crippen molar-refractivity contribution in [2.24, 2.45) is 5.92 Å². The van der Waals surface area contributed by atoms with Gasteiger partial charge in [-0.1, -0.05) is 40.0 Å². The van der Waals surface area contributed by atoms with Gasteiger partial charge in [-0.25, -0.2) is 0 Å². The van der Waals surface area contributed by atoms with Crippen LogP contribution >= 0.6 is 0 Å². The minimum absolute atomic E-state index is 0.0125. The molecule has 1 aliphatic heterocycles. The molecule has 98 valence electrons. The quantitative estimate of drug-likeness (QED) is 0.402. The molecule has 3 nitrogen and oxygen atoms in total. The lowest BCUT2D eigenvalue weighted by molar-refractivity contribution is -0.116. The van der Waals surface area contributed by atoms with E-state index >= 15 is 0 Å². The monoisotopic (exact) mass is 239 g/mol. The first-order valence-corrected chi connectivity index (χ1v) is 6.75. The van der Waals surface area contributed by atoms with Crippen LogP contribution in [0.3, 0.4) is 0 Å². The Labute approximate surface area is 105 Å². The van der Waals surface area contributed by atoms with Crippen LogP contribution in [0.2, 0.25) is 0 Å². The minimum Gasteiger partial charge on any atom is -0.365 e. The lowest BCUT2D eigenvalue weighted by atomic mass is 10.1. The van der Waals surface area contributed by atoms with E-state index < -0.39 is 0 Å².